The molecule has 22 heavy (non-hydrogen) atoms. The van der Waals surface area contributed by atoms with Crippen molar-refractivity contribution in [3.05, 3.63) is 29.3 Å². The number of aromatic hydroxyl groups is 2. The second kappa shape index (κ2) is 6.10. The van der Waals surface area contributed by atoms with Crippen molar-refractivity contribution in [2.24, 2.45) is 0 Å². The van der Waals surface area contributed by atoms with Gasteiger partial charge in [-0.25, -0.2) is 12.7 Å². The molecule has 120 valence electrons. The summed E-state index contributed by atoms with van der Waals surface area (Å²) in [7, 11) is -3.65. The quantitative estimate of drug-likeness (QED) is 0.868. The zero-order chi connectivity index (χ0) is 16.5. The first-order valence-corrected chi connectivity index (χ1v) is 8.76. The fourth-order valence-corrected chi connectivity index (χ4v) is 3.05. The first-order valence-electron chi connectivity index (χ1n) is 6.54. The van der Waals surface area contributed by atoms with Gasteiger partial charge >= 0.3 is 0 Å². The van der Waals surface area contributed by atoms with Crippen LogP contribution in [0.15, 0.2) is 28.7 Å². The predicted molar refractivity (Wildman–Crippen MR) is 85.0 cm³/mol. The second-order valence-corrected chi connectivity index (χ2v) is 7.12. The van der Waals surface area contributed by atoms with E-state index in [2.05, 4.69) is 0 Å². The highest BCUT2D eigenvalue weighted by atomic mass is 35.5. The minimum Gasteiger partial charge on any atom is -0.502 e. The summed E-state index contributed by atoms with van der Waals surface area (Å²) in [4.78, 5) is 0. The number of hydrogen-bond donors (Lipinski definition) is 2. The Kier molecular flexibility index (Phi) is 4.58. The van der Waals surface area contributed by atoms with E-state index in [9.17, 15) is 18.6 Å². The van der Waals surface area contributed by atoms with Crippen molar-refractivity contribution in [1.82, 2.24) is 0 Å². The van der Waals surface area contributed by atoms with Gasteiger partial charge in [0.1, 0.15) is 0 Å². The highest BCUT2D eigenvalue weighted by Crippen LogP contribution is 2.47. The normalized spacial score (nSPS) is 11.6. The standard InChI is InChI=1S/C14H16ClNO5S/c1-3-8-16(22(2,19)20)14-12(18)11(17)13(21-14)9-4-6-10(15)7-5-9/h4-7,17-18H,3,8H2,1-2H3. The molecule has 1 aromatic heterocycles. The Morgan fingerprint density at radius 3 is 2.27 bits per heavy atom. The minimum absolute atomic E-state index is 0.0195. The van der Waals surface area contributed by atoms with Crippen molar-refractivity contribution in [3.63, 3.8) is 0 Å². The van der Waals surface area contributed by atoms with E-state index >= 15 is 0 Å². The van der Waals surface area contributed by atoms with E-state index in [1.54, 1.807) is 31.2 Å². The van der Waals surface area contributed by atoms with Gasteiger partial charge in [-0.3, -0.25) is 0 Å². The molecule has 0 radical (unpaired) electrons. The summed E-state index contributed by atoms with van der Waals surface area (Å²) in [6.07, 6.45) is 1.52. The molecule has 0 fully saturated rings. The summed E-state index contributed by atoms with van der Waals surface area (Å²) in [6, 6.07) is 6.37. The van der Waals surface area contributed by atoms with Crippen molar-refractivity contribution in [2.75, 3.05) is 17.1 Å². The van der Waals surface area contributed by atoms with E-state index in [0.717, 1.165) is 10.6 Å². The van der Waals surface area contributed by atoms with E-state index in [1.807, 2.05) is 0 Å². The summed E-state index contributed by atoms with van der Waals surface area (Å²) in [5.74, 6) is -1.44. The molecular formula is C14H16ClNO5S. The minimum atomic E-state index is -3.65. The average Bonchev–Trinajstić information content (AvgIpc) is 2.73. The van der Waals surface area contributed by atoms with Gasteiger partial charge in [-0.05, 0) is 30.7 Å². The van der Waals surface area contributed by atoms with Crippen LogP contribution < -0.4 is 4.31 Å². The van der Waals surface area contributed by atoms with Gasteiger partial charge in [0.05, 0.1) is 6.26 Å². The third-order valence-electron chi connectivity index (χ3n) is 3.00. The summed E-state index contributed by atoms with van der Waals surface area (Å²) < 4.78 is 30.0. The summed E-state index contributed by atoms with van der Waals surface area (Å²) in [5.41, 5.74) is 0.466. The van der Waals surface area contributed by atoms with Crippen molar-refractivity contribution < 1.29 is 23.0 Å². The maximum atomic E-state index is 11.8. The Labute approximate surface area is 133 Å². The average molecular weight is 346 g/mol. The van der Waals surface area contributed by atoms with Crippen molar-refractivity contribution in [2.45, 2.75) is 13.3 Å². The lowest BCUT2D eigenvalue weighted by Gasteiger charge is -2.18. The summed E-state index contributed by atoms with van der Waals surface area (Å²) in [6.45, 7) is 1.91. The Balaban J connectivity index is 2.56. The third-order valence-corrected chi connectivity index (χ3v) is 4.40. The van der Waals surface area contributed by atoms with Crippen LogP contribution in [0, 0.1) is 0 Å². The number of furan rings is 1. The van der Waals surface area contributed by atoms with Crippen molar-refractivity contribution >= 4 is 27.5 Å². The molecular weight excluding hydrogens is 330 g/mol. The van der Waals surface area contributed by atoms with E-state index < -0.39 is 21.5 Å². The molecule has 0 saturated carbocycles. The van der Waals surface area contributed by atoms with Crippen LogP contribution >= 0.6 is 11.6 Å². The molecule has 2 rings (SSSR count). The van der Waals surface area contributed by atoms with E-state index in [1.165, 1.54) is 0 Å². The van der Waals surface area contributed by atoms with Gasteiger partial charge in [-0.1, -0.05) is 18.5 Å². The van der Waals surface area contributed by atoms with Gasteiger partial charge in [0.2, 0.25) is 21.5 Å². The first-order chi connectivity index (χ1) is 10.3. The Morgan fingerprint density at radius 2 is 1.77 bits per heavy atom. The molecule has 0 unspecified atom stereocenters. The number of halogens is 1. The highest BCUT2D eigenvalue weighted by molar-refractivity contribution is 7.92. The molecule has 0 bridgehead atoms. The van der Waals surface area contributed by atoms with Crippen molar-refractivity contribution in [3.8, 4) is 22.8 Å². The maximum absolute atomic E-state index is 11.8. The molecule has 0 saturated heterocycles. The maximum Gasteiger partial charge on any atom is 0.256 e. The Bertz CT molecular complexity index is 767. The SMILES string of the molecule is CCCN(c1oc(-c2ccc(Cl)cc2)c(O)c1O)S(C)(=O)=O. The van der Waals surface area contributed by atoms with Gasteiger partial charge in [-0.2, -0.15) is 0 Å². The number of hydrogen-bond acceptors (Lipinski definition) is 5. The molecule has 8 heteroatoms. The van der Waals surface area contributed by atoms with Gasteiger partial charge in [0, 0.05) is 17.1 Å². The van der Waals surface area contributed by atoms with Crippen LogP contribution in [0.3, 0.4) is 0 Å². The Hall–Kier alpha value is -1.86. The third kappa shape index (κ3) is 3.15. The number of rotatable bonds is 5. The molecule has 1 heterocycles. The van der Waals surface area contributed by atoms with Gasteiger partial charge in [0.25, 0.3) is 5.88 Å². The number of sulfonamides is 1. The monoisotopic (exact) mass is 345 g/mol. The van der Waals surface area contributed by atoms with Crippen LogP contribution in [0.25, 0.3) is 11.3 Å². The molecule has 0 spiro atoms. The molecule has 0 aliphatic rings. The van der Waals surface area contributed by atoms with Crippen LogP contribution in [-0.2, 0) is 10.0 Å². The van der Waals surface area contributed by atoms with E-state index in [-0.39, 0.29) is 18.2 Å². The molecule has 0 aliphatic carbocycles. The van der Waals surface area contributed by atoms with Gasteiger partial charge < -0.3 is 14.6 Å². The molecule has 6 nitrogen and oxygen atoms in total. The zero-order valence-electron chi connectivity index (χ0n) is 12.1. The van der Waals surface area contributed by atoms with Crippen molar-refractivity contribution in [1.29, 1.82) is 0 Å². The largest absolute Gasteiger partial charge is 0.502 e. The predicted octanol–water partition coefficient (Wildman–Crippen LogP) is 3.19. The molecule has 1 aromatic carbocycles. The molecule has 2 N–H and O–H groups in total. The lowest BCUT2D eigenvalue weighted by Crippen LogP contribution is -2.30. The molecule has 2 aromatic rings. The van der Waals surface area contributed by atoms with Crippen LogP contribution in [0.5, 0.6) is 11.5 Å². The first kappa shape index (κ1) is 16.5. The number of nitrogens with zero attached hydrogens (tertiary/aromatic N) is 1. The molecule has 0 aliphatic heterocycles. The van der Waals surface area contributed by atoms with E-state index in [0.29, 0.717) is 17.0 Å². The number of benzene rings is 1. The highest BCUT2D eigenvalue weighted by Gasteiger charge is 2.29. The van der Waals surface area contributed by atoms with Crippen LogP contribution in [0.2, 0.25) is 5.02 Å². The zero-order valence-corrected chi connectivity index (χ0v) is 13.6. The summed E-state index contributed by atoms with van der Waals surface area (Å²) in [5, 5.41) is 20.5. The van der Waals surface area contributed by atoms with Gasteiger partial charge in [0.15, 0.2) is 5.76 Å². The lowest BCUT2D eigenvalue weighted by atomic mass is 10.1. The topological polar surface area (TPSA) is 91.0 Å². The van der Waals surface area contributed by atoms with Crippen LogP contribution in [0.1, 0.15) is 13.3 Å². The molecule has 0 atom stereocenters. The van der Waals surface area contributed by atoms with Crippen LogP contribution in [-0.4, -0.2) is 31.4 Å². The lowest BCUT2D eigenvalue weighted by molar-refractivity contribution is 0.409. The Morgan fingerprint density at radius 1 is 1.18 bits per heavy atom. The smallest absolute Gasteiger partial charge is 0.256 e. The fraction of sp³-hybridized carbons (Fsp3) is 0.286. The number of anilines is 1. The van der Waals surface area contributed by atoms with Crippen LogP contribution in [0.4, 0.5) is 5.88 Å². The second-order valence-electron chi connectivity index (χ2n) is 4.78. The summed E-state index contributed by atoms with van der Waals surface area (Å²) >= 11 is 5.80. The molecule has 0 amide bonds. The fourth-order valence-electron chi connectivity index (χ4n) is 1.99. The van der Waals surface area contributed by atoms with E-state index in [4.69, 9.17) is 16.0 Å². The van der Waals surface area contributed by atoms with Gasteiger partial charge in [-0.15, -0.1) is 0 Å².